The molecule has 0 aliphatic rings. The molecule has 0 fully saturated rings. The minimum Gasteiger partial charge on any atom is -0.435 e. The van der Waals surface area contributed by atoms with Crippen molar-refractivity contribution in [1.29, 1.82) is 0 Å². The summed E-state index contributed by atoms with van der Waals surface area (Å²) in [6.07, 6.45) is 1.76. The zero-order valence-corrected chi connectivity index (χ0v) is 7.75. The maximum Gasteiger partial charge on any atom is 0.387 e. The maximum atomic E-state index is 11.8. The molecule has 0 spiro atoms. The van der Waals surface area contributed by atoms with Gasteiger partial charge in [0.2, 0.25) is 0 Å². The third kappa shape index (κ3) is 3.70. The Kier molecular flexibility index (Phi) is 4.32. The molecule has 0 amide bonds. The average Bonchev–Trinajstić information content (AvgIpc) is 2.16. The second kappa shape index (κ2) is 5.54. The molecule has 2 N–H and O–H groups in total. The van der Waals surface area contributed by atoms with E-state index in [9.17, 15) is 8.78 Å². The van der Waals surface area contributed by atoms with Gasteiger partial charge in [0.1, 0.15) is 5.75 Å². The molecule has 1 aromatic rings. The largest absolute Gasteiger partial charge is 0.435 e. The summed E-state index contributed by atoms with van der Waals surface area (Å²) in [5.74, 6) is 0.191. The number of ether oxygens (including phenoxy) is 1. The Morgan fingerprint density at radius 1 is 1.21 bits per heavy atom. The summed E-state index contributed by atoms with van der Waals surface area (Å²) in [6, 6.07) is 6.62. The molecule has 78 valence electrons. The minimum atomic E-state index is -2.76. The van der Waals surface area contributed by atoms with Gasteiger partial charge in [0.25, 0.3) is 0 Å². The highest BCUT2D eigenvalue weighted by Crippen LogP contribution is 2.15. The van der Waals surface area contributed by atoms with Crippen LogP contribution < -0.4 is 10.5 Å². The zero-order chi connectivity index (χ0) is 10.4. The third-order valence-electron chi connectivity index (χ3n) is 1.82. The molecular weight excluding hydrogens is 188 g/mol. The van der Waals surface area contributed by atoms with Crippen LogP contribution in [0.25, 0.3) is 0 Å². The lowest BCUT2D eigenvalue weighted by molar-refractivity contribution is -0.0498. The molecule has 0 atom stereocenters. The van der Waals surface area contributed by atoms with Crippen LogP contribution in [0.3, 0.4) is 0 Å². The lowest BCUT2D eigenvalue weighted by atomic mass is 10.1. The number of benzene rings is 1. The van der Waals surface area contributed by atoms with E-state index in [-0.39, 0.29) is 5.75 Å². The Morgan fingerprint density at radius 3 is 2.36 bits per heavy atom. The van der Waals surface area contributed by atoms with Crippen molar-refractivity contribution >= 4 is 0 Å². The van der Waals surface area contributed by atoms with Crippen LogP contribution in [0.2, 0.25) is 0 Å². The summed E-state index contributed by atoms with van der Waals surface area (Å²) < 4.78 is 27.8. The number of nitrogens with two attached hydrogens (primary N) is 1. The molecule has 0 heterocycles. The van der Waals surface area contributed by atoms with Crippen LogP contribution in [-0.4, -0.2) is 13.2 Å². The van der Waals surface area contributed by atoms with Crippen molar-refractivity contribution in [2.45, 2.75) is 19.5 Å². The fourth-order valence-corrected chi connectivity index (χ4v) is 1.14. The van der Waals surface area contributed by atoms with Gasteiger partial charge in [-0.25, -0.2) is 0 Å². The average molecular weight is 201 g/mol. The standard InChI is InChI=1S/C10H13F2NO/c11-10(12)14-9-5-3-8(4-6-9)2-1-7-13/h3-6,10H,1-2,7,13H2. The van der Waals surface area contributed by atoms with Gasteiger partial charge >= 0.3 is 6.61 Å². The van der Waals surface area contributed by atoms with Crippen molar-refractivity contribution in [2.24, 2.45) is 5.73 Å². The lowest BCUT2D eigenvalue weighted by Crippen LogP contribution is -2.02. The van der Waals surface area contributed by atoms with Gasteiger partial charge in [-0.15, -0.1) is 0 Å². The molecule has 0 bridgehead atoms. The van der Waals surface area contributed by atoms with Crippen LogP contribution in [0.1, 0.15) is 12.0 Å². The van der Waals surface area contributed by atoms with Crippen molar-refractivity contribution in [1.82, 2.24) is 0 Å². The molecule has 4 heteroatoms. The Labute approximate surface area is 81.7 Å². The molecule has 1 aromatic carbocycles. The van der Waals surface area contributed by atoms with Crippen LogP contribution in [0.4, 0.5) is 8.78 Å². The van der Waals surface area contributed by atoms with E-state index < -0.39 is 6.61 Å². The van der Waals surface area contributed by atoms with Gasteiger partial charge in [0, 0.05) is 0 Å². The van der Waals surface area contributed by atoms with Gasteiger partial charge < -0.3 is 10.5 Å². The maximum absolute atomic E-state index is 11.8. The van der Waals surface area contributed by atoms with Crippen molar-refractivity contribution in [3.63, 3.8) is 0 Å². The second-order valence-electron chi connectivity index (χ2n) is 2.91. The quantitative estimate of drug-likeness (QED) is 0.792. The lowest BCUT2D eigenvalue weighted by Gasteiger charge is -2.05. The van der Waals surface area contributed by atoms with E-state index in [1.165, 1.54) is 12.1 Å². The number of hydrogen-bond donors (Lipinski definition) is 1. The zero-order valence-electron chi connectivity index (χ0n) is 7.75. The van der Waals surface area contributed by atoms with Crippen molar-refractivity contribution in [2.75, 3.05) is 6.54 Å². The summed E-state index contributed by atoms with van der Waals surface area (Å²) in [7, 11) is 0. The highest BCUT2D eigenvalue weighted by Gasteiger charge is 2.03. The van der Waals surface area contributed by atoms with Crippen LogP contribution >= 0.6 is 0 Å². The SMILES string of the molecule is NCCCc1ccc(OC(F)F)cc1. The molecule has 0 radical (unpaired) electrons. The minimum absolute atomic E-state index is 0.191. The van der Waals surface area contributed by atoms with E-state index in [1.54, 1.807) is 12.1 Å². The van der Waals surface area contributed by atoms with E-state index in [0.29, 0.717) is 6.54 Å². The van der Waals surface area contributed by atoms with E-state index in [0.717, 1.165) is 18.4 Å². The van der Waals surface area contributed by atoms with Crippen molar-refractivity contribution in [3.8, 4) is 5.75 Å². The highest BCUT2D eigenvalue weighted by atomic mass is 19.3. The topological polar surface area (TPSA) is 35.2 Å². The smallest absolute Gasteiger partial charge is 0.387 e. The summed E-state index contributed by atoms with van der Waals surface area (Å²) in [5, 5.41) is 0. The number of alkyl halides is 2. The van der Waals surface area contributed by atoms with Crippen LogP contribution in [0.15, 0.2) is 24.3 Å². The Morgan fingerprint density at radius 2 is 1.86 bits per heavy atom. The molecule has 0 aliphatic heterocycles. The van der Waals surface area contributed by atoms with E-state index in [1.807, 2.05) is 0 Å². The first-order valence-corrected chi connectivity index (χ1v) is 4.46. The predicted octanol–water partition coefficient (Wildman–Crippen LogP) is 2.18. The molecule has 14 heavy (non-hydrogen) atoms. The first kappa shape index (κ1) is 10.9. The van der Waals surface area contributed by atoms with Gasteiger partial charge in [-0.05, 0) is 37.1 Å². The summed E-state index contributed by atoms with van der Waals surface area (Å²) in [4.78, 5) is 0. The first-order valence-electron chi connectivity index (χ1n) is 4.46. The number of halogens is 2. The molecule has 1 rings (SSSR count). The van der Waals surface area contributed by atoms with Gasteiger partial charge in [0.15, 0.2) is 0 Å². The van der Waals surface area contributed by atoms with E-state index in [2.05, 4.69) is 4.74 Å². The normalized spacial score (nSPS) is 10.6. The monoisotopic (exact) mass is 201 g/mol. The molecule has 0 aliphatic carbocycles. The number of rotatable bonds is 5. The fraction of sp³-hybridized carbons (Fsp3) is 0.400. The van der Waals surface area contributed by atoms with E-state index in [4.69, 9.17) is 5.73 Å². The summed E-state index contributed by atoms with van der Waals surface area (Å²) in [6.45, 7) is -2.13. The Balaban J connectivity index is 2.50. The molecule has 2 nitrogen and oxygen atoms in total. The summed E-state index contributed by atoms with van der Waals surface area (Å²) >= 11 is 0. The fourth-order valence-electron chi connectivity index (χ4n) is 1.14. The van der Waals surface area contributed by atoms with Crippen molar-refractivity contribution < 1.29 is 13.5 Å². The van der Waals surface area contributed by atoms with Crippen LogP contribution in [0.5, 0.6) is 5.75 Å². The van der Waals surface area contributed by atoms with E-state index >= 15 is 0 Å². The molecule has 0 unspecified atom stereocenters. The van der Waals surface area contributed by atoms with Gasteiger partial charge in [0.05, 0.1) is 0 Å². The Bertz CT molecular complexity index is 261. The second-order valence-corrected chi connectivity index (χ2v) is 2.91. The highest BCUT2D eigenvalue weighted by molar-refractivity contribution is 5.27. The first-order chi connectivity index (χ1) is 6.72. The van der Waals surface area contributed by atoms with Crippen LogP contribution in [-0.2, 0) is 6.42 Å². The number of aryl methyl sites for hydroxylation is 1. The number of hydrogen-bond acceptors (Lipinski definition) is 2. The molecule has 0 saturated carbocycles. The molecule has 0 aromatic heterocycles. The summed E-state index contributed by atoms with van der Waals surface area (Å²) in [5.41, 5.74) is 6.43. The van der Waals surface area contributed by atoms with Crippen LogP contribution in [0, 0.1) is 0 Å². The third-order valence-corrected chi connectivity index (χ3v) is 1.82. The molecule has 0 saturated heterocycles. The van der Waals surface area contributed by atoms with Crippen molar-refractivity contribution in [3.05, 3.63) is 29.8 Å². The van der Waals surface area contributed by atoms with Gasteiger partial charge in [-0.3, -0.25) is 0 Å². The van der Waals surface area contributed by atoms with Gasteiger partial charge in [-0.1, -0.05) is 12.1 Å². The van der Waals surface area contributed by atoms with Gasteiger partial charge in [-0.2, -0.15) is 8.78 Å². The predicted molar refractivity (Wildman–Crippen MR) is 50.4 cm³/mol. The Hall–Kier alpha value is -1.16. The molecular formula is C10H13F2NO.